The smallest absolute Gasteiger partial charge is 0.340 e. The van der Waals surface area contributed by atoms with Crippen molar-refractivity contribution in [2.45, 2.75) is 13.3 Å². The quantitative estimate of drug-likeness (QED) is 0.638. The number of ether oxygens (including phenoxy) is 3. The number of anilines is 1. The second kappa shape index (κ2) is 4.95. The largest absolute Gasteiger partial charge is 0.486 e. The van der Waals surface area contributed by atoms with Crippen LogP contribution in [0.4, 0.5) is 5.69 Å². The Balaban J connectivity index is 2.26. The zero-order valence-corrected chi connectivity index (χ0v) is 9.69. The Hall–Kier alpha value is -1.91. The van der Waals surface area contributed by atoms with Gasteiger partial charge in [0.1, 0.15) is 13.2 Å². The molecule has 0 atom stereocenters. The molecule has 0 spiro atoms. The van der Waals surface area contributed by atoms with Crippen molar-refractivity contribution >= 4 is 11.7 Å². The molecule has 2 rings (SSSR count). The Morgan fingerprint density at radius 3 is 2.94 bits per heavy atom. The van der Waals surface area contributed by atoms with E-state index in [4.69, 9.17) is 19.9 Å². The molecule has 1 heterocycles. The summed E-state index contributed by atoms with van der Waals surface area (Å²) in [6.45, 7) is 3.24. The van der Waals surface area contributed by atoms with Gasteiger partial charge in [0.2, 0.25) is 0 Å². The Morgan fingerprint density at radius 2 is 2.18 bits per heavy atom. The summed E-state index contributed by atoms with van der Waals surface area (Å²) in [6, 6.07) is 3.27. The number of nitrogens with two attached hydrogens (primary N) is 1. The first-order valence-corrected chi connectivity index (χ1v) is 5.59. The lowest BCUT2D eigenvalue weighted by Crippen LogP contribution is -2.18. The highest BCUT2D eigenvalue weighted by atomic mass is 16.6. The average molecular weight is 237 g/mol. The lowest BCUT2D eigenvalue weighted by molar-refractivity contribution is 0.0505. The predicted octanol–water partition coefficient (Wildman–Crippen LogP) is 1.61. The van der Waals surface area contributed by atoms with Crippen LogP contribution < -0.4 is 15.2 Å². The highest BCUT2D eigenvalue weighted by Gasteiger charge is 2.21. The topological polar surface area (TPSA) is 70.8 Å². The van der Waals surface area contributed by atoms with Crippen LogP contribution in [0.15, 0.2) is 12.1 Å². The number of carbonyl (C=O) groups excluding carboxylic acids is 1. The van der Waals surface area contributed by atoms with E-state index in [1.807, 2.05) is 6.92 Å². The van der Waals surface area contributed by atoms with Gasteiger partial charge in [-0.2, -0.15) is 0 Å². The highest BCUT2D eigenvalue weighted by molar-refractivity contribution is 5.97. The first-order chi connectivity index (χ1) is 8.24. The van der Waals surface area contributed by atoms with Gasteiger partial charge in [-0.05, 0) is 18.6 Å². The van der Waals surface area contributed by atoms with Gasteiger partial charge in [-0.1, -0.05) is 6.92 Å². The molecule has 1 aromatic rings. The first kappa shape index (κ1) is 11.6. The van der Waals surface area contributed by atoms with Crippen LogP contribution in [-0.4, -0.2) is 25.8 Å². The molecule has 0 aliphatic carbocycles. The van der Waals surface area contributed by atoms with E-state index in [1.165, 1.54) is 0 Å². The standard InChI is InChI=1S/C12H15NO4/c1-2-5-17-12(14)8-3-4-9-11(10(8)13)16-7-6-15-9/h3-4H,2,5-7,13H2,1H3. The van der Waals surface area contributed by atoms with Crippen molar-refractivity contribution < 1.29 is 19.0 Å². The van der Waals surface area contributed by atoms with E-state index in [2.05, 4.69) is 0 Å². The Bertz CT molecular complexity index is 431. The third-order valence-corrected chi connectivity index (χ3v) is 2.40. The minimum absolute atomic E-state index is 0.281. The van der Waals surface area contributed by atoms with Gasteiger partial charge in [0.25, 0.3) is 0 Å². The lowest BCUT2D eigenvalue weighted by atomic mass is 10.1. The molecular weight excluding hydrogens is 222 g/mol. The third kappa shape index (κ3) is 2.27. The molecule has 0 bridgehead atoms. The van der Waals surface area contributed by atoms with Crippen LogP contribution in [0.1, 0.15) is 23.7 Å². The third-order valence-electron chi connectivity index (χ3n) is 2.40. The Kier molecular flexibility index (Phi) is 3.37. The number of rotatable bonds is 3. The van der Waals surface area contributed by atoms with Crippen LogP contribution in [-0.2, 0) is 4.74 Å². The lowest BCUT2D eigenvalue weighted by Gasteiger charge is -2.20. The summed E-state index contributed by atoms with van der Waals surface area (Å²) in [7, 11) is 0. The maximum atomic E-state index is 11.7. The monoisotopic (exact) mass is 237 g/mol. The van der Waals surface area contributed by atoms with Crippen molar-refractivity contribution in [3.8, 4) is 11.5 Å². The molecule has 0 unspecified atom stereocenters. The number of fused-ring (bicyclic) bond motifs is 1. The molecule has 0 amide bonds. The number of benzene rings is 1. The van der Waals surface area contributed by atoms with E-state index in [1.54, 1.807) is 12.1 Å². The van der Waals surface area contributed by atoms with Crippen molar-refractivity contribution in [2.75, 3.05) is 25.6 Å². The summed E-state index contributed by atoms with van der Waals surface area (Å²) >= 11 is 0. The molecule has 17 heavy (non-hydrogen) atoms. The van der Waals surface area contributed by atoms with E-state index >= 15 is 0 Å². The summed E-state index contributed by atoms with van der Waals surface area (Å²) in [5.74, 6) is 0.573. The van der Waals surface area contributed by atoms with E-state index in [0.29, 0.717) is 36.9 Å². The van der Waals surface area contributed by atoms with Crippen molar-refractivity contribution in [1.82, 2.24) is 0 Å². The number of hydrogen-bond donors (Lipinski definition) is 1. The van der Waals surface area contributed by atoms with Gasteiger partial charge in [0.05, 0.1) is 17.9 Å². The molecule has 92 valence electrons. The Morgan fingerprint density at radius 1 is 1.41 bits per heavy atom. The number of carbonyl (C=O) groups is 1. The molecule has 2 N–H and O–H groups in total. The molecule has 1 aromatic carbocycles. The second-order valence-corrected chi connectivity index (χ2v) is 3.69. The molecule has 1 aliphatic rings. The second-order valence-electron chi connectivity index (χ2n) is 3.69. The van der Waals surface area contributed by atoms with Gasteiger partial charge in [-0.25, -0.2) is 4.79 Å². The molecule has 0 radical (unpaired) electrons. The van der Waals surface area contributed by atoms with Gasteiger partial charge in [-0.15, -0.1) is 0 Å². The molecule has 0 fully saturated rings. The van der Waals surface area contributed by atoms with E-state index < -0.39 is 5.97 Å². The van der Waals surface area contributed by atoms with Crippen molar-refractivity contribution in [3.63, 3.8) is 0 Å². The van der Waals surface area contributed by atoms with Crippen LogP contribution >= 0.6 is 0 Å². The summed E-state index contributed by atoms with van der Waals surface area (Å²) in [4.78, 5) is 11.7. The minimum atomic E-state index is -0.429. The van der Waals surface area contributed by atoms with E-state index in [9.17, 15) is 4.79 Å². The van der Waals surface area contributed by atoms with Crippen molar-refractivity contribution in [2.24, 2.45) is 0 Å². The van der Waals surface area contributed by atoms with Gasteiger partial charge in [0, 0.05) is 0 Å². The van der Waals surface area contributed by atoms with Gasteiger partial charge in [0.15, 0.2) is 11.5 Å². The van der Waals surface area contributed by atoms with Gasteiger partial charge in [-0.3, -0.25) is 0 Å². The van der Waals surface area contributed by atoms with Crippen LogP contribution in [0.2, 0.25) is 0 Å². The van der Waals surface area contributed by atoms with Crippen LogP contribution in [0.25, 0.3) is 0 Å². The minimum Gasteiger partial charge on any atom is -0.486 e. The molecule has 0 saturated heterocycles. The summed E-state index contributed by atoms with van der Waals surface area (Å²) < 4.78 is 15.8. The summed E-state index contributed by atoms with van der Waals surface area (Å²) in [5, 5.41) is 0. The first-order valence-electron chi connectivity index (χ1n) is 5.59. The maximum absolute atomic E-state index is 11.7. The van der Waals surface area contributed by atoms with E-state index in [0.717, 1.165) is 6.42 Å². The summed E-state index contributed by atoms with van der Waals surface area (Å²) in [5.41, 5.74) is 6.47. The summed E-state index contributed by atoms with van der Waals surface area (Å²) in [6.07, 6.45) is 0.774. The zero-order chi connectivity index (χ0) is 12.3. The fourth-order valence-corrected chi connectivity index (χ4v) is 1.59. The number of nitrogen functional groups attached to an aromatic ring is 1. The normalized spacial score (nSPS) is 13.2. The molecule has 0 aromatic heterocycles. The Labute approximate surface area is 99.5 Å². The van der Waals surface area contributed by atoms with Crippen LogP contribution in [0.5, 0.6) is 11.5 Å². The molecular formula is C12H15NO4. The average Bonchev–Trinajstić information content (AvgIpc) is 2.37. The fraction of sp³-hybridized carbons (Fsp3) is 0.417. The molecule has 0 saturated carbocycles. The molecule has 5 heteroatoms. The van der Waals surface area contributed by atoms with E-state index in [-0.39, 0.29) is 5.69 Å². The van der Waals surface area contributed by atoms with Gasteiger partial charge < -0.3 is 19.9 Å². The number of esters is 1. The number of hydrogen-bond acceptors (Lipinski definition) is 5. The highest BCUT2D eigenvalue weighted by Crippen LogP contribution is 2.38. The fourth-order valence-electron chi connectivity index (χ4n) is 1.59. The molecule has 1 aliphatic heterocycles. The predicted molar refractivity (Wildman–Crippen MR) is 62.4 cm³/mol. The SMILES string of the molecule is CCCOC(=O)c1ccc2c(c1N)OCCO2. The van der Waals surface area contributed by atoms with Crippen molar-refractivity contribution in [1.29, 1.82) is 0 Å². The van der Waals surface area contributed by atoms with Crippen LogP contribution in [0, 0.1) is 0 Å². The maximum Gasteiger partial charge on any atom is 0.340 e. The van der Waals surface area contributed by atoms with Gasteiger partial charge >= 0.3 is 5.97 Å². The van der Waals surface area contributed by atoms with Crippen LogP contribution in [0.3, 0.4) is 0 Å². The van der Waals surface area contributed by atoms with Crippen molar-refractivity contribution in [3.05, 3.63) is 17.7 Å². The zero-order valence-electron chi connectivity index (χ0n) is 9.69. The molecule has 5 nitrogen and oxygen atoms in total.